The molecule has 0 aliphatic rings. The Morgan fingerprint density at radius 1 is 0.789 bits per heavy atom. The highest BCUT2D eigenvalue weighted by Gasteiger charge is 2.05. The first kappa shape index (κ1) is 11.3. The zero-order valence-corrected chi connectivity index (χ0v) is 10.3. The van der Waals surface area contributed by atoms with Gasteiger partial charge in [-0.1, -0.05) is 24.3 Å². The summed E-state index contributed by atoms with van der Waals surface area (Å²) in [5.74, 6) is 0. The number of nitrogens with zero attached hydrogens (tertiary/aromatic N) is 2. The molecule has 0 amide bonds. The monoisotopic (exact) mass is 245 g/mol. The second-order valence-electron chi connectivity index (χ2n) is 4.55. The molecule has 1 aromatic heterocycles. The number of nitrogens with one attached hydrogen (secondary N) is 1. The van der Waals surface area contributed by atoms with Gasteiger partial charge in [-0.15, -0.1) is 0 Å². The maximum absolute atomic E-state index is 8.74. The molecule has 3 heteroatoms. The van der Waals surface area contributed by atoms with Crippen LogP contribution in [0.3, 0.4) is 0 Å². The van der Waals surface area contributed by atoms with Crippen molar-refractivity contribution in [1.82, 2.24) is 4.98 Å². The van der Waals surface area contributed by atoms with Gasteiger partial charge >= 0.3 is 0 Å². The summed E-state index contributed by atoms with van der Waals surface area (Å²) in [6, 6.07) is 16.4. The van der Waals surface area contributed by atoms with E-state index in [-0.39, 0.29) is 0 Å². The molecule has 0 unspecified atom stereocenters. The quantitative estimate of drug-likeness (QED) is 0.751. The van der Waals surface area contributed by atoms with Crippen LogP contribution in [-0.2, 0) is 12.8 Å². The van der Waals surface area contributed by atoms with E-state index >= 15 is 0 Å². The molecule has 3 rings (SSSR count). The van der Waals surface area contributed by atoms with Crippen molar-refractivity contribution in [2.75, 3.05) is 0 Å². The van der Waals surface area contributed by atoms with Crippen molar-refractivity contribution in [3.63, 3.8) is 0 Å². The van der Waals surface area contributed by atoms with E-state index in [1.165, 1.54) is 0 Å². The largest absolute Gasteiger partial charge is 0.354 e. The highest BCUT2D eigenvalue weighted by atomic mass is 14.7. The van der Waals surface area contributed by atoms with Crippen LogP contribution in [0.25, 0.3) is 21.8 Å². The van der Waals surface area contributed by atoms with E-state index in [0.717, 1.165) is 32.9 Å². The first-order chi connectivity index (χ1) is 9.31. The van der Waals surface area contributed by atoms with Gasteiger partial charge in [0.1, 0.15) is 0 Å². The third kappa shape index (κ3) is 1.92. The van der Waals surface area contributed by atoms with Crippen LogP contribution in [0.5, 0.6) is 0 Å². The first-order valence-electron chi connectivity index (χ1n) is 6.09. The van der Waals surface area contributed by atoms with Crippen LogP contribution in [0.1, 0.15) is 11.1 Å². The van der Waals surface area contributed by atoms with Gasteiger partial charge in [-0.05, 0) is 23.3 Å². The van der Waals surface area contributed by atoms with E-state index in [9.17, 15) is 0 Å². The molecule has 90 valence electrons. The van der Waals surface area contributed by atoms with Gasteiger partial charge in [0.05, 0.1) is 25.0 Å². The van der Waals surface area contributed by atoms with Gasteiger partial charge < -0.3 is 4.98 Å². The maximum Gasteiger partial charge on any atom is 0.0669 e. The fourth-order valence-corrected chi connectivity index (χ4v) is 2.41. The lowest BCUT2D eigenvalue weighted by atomic mass is 10.1. The summed E-state index contributed by atoms with van der Waals surface area (Å²) in [5, 5.41) is 19.8. The molecule has 0 saturated carbocycles. The van der Waals surface area contributed by atoms with E-state index < -0.39 is 0 Å². The Labute approximate surface area is 110 Å². The van der Waals surface area contributed by atoms with Crippen LogP contribution in [-0.4, -0.2) is 4.98 Å². The number of H-pyrrole nitrogens is 1. The number of rotatable bonds is 2. The molecule has 0 aliphatic heterocycles. The Balaban J connectivity index is 2.21. The third-order valence-electron chi connectivity index (χ3n) is 3.29. The molecular formula is C16H11N3. The first-order valence-corrected chi connectivity index (χ1v) is 6.09. The Kier molecular flexibility index (Phi) is 2.67. The number of benzene rings is 2. The molecule has 0 atom stereocenters. The van der Waals surface area contributed by atoms with Gasteiger partial charge in [0.25, 0.3) is 0 Å². The summed E-state index contributed by atoms with van der Waals surface area (Å²) >= 11 is 0. The zero-order chi connectivity index (χ0) is 13.2. The molecule has 3 aromatic rings. The van der Waals surface area contributed by atoms with Gasteiger partial charge in [0.15, 0.2) is 0 Å². The standard InChI is InChI=1S/C16H11N3/c17-7-5-11-1-3-13-14-4-2-12(6-8-18)10-16(14)19-15(13)9-11/h1-4,9-10,19H,5-6H2. The minimum atomic E-state index is 0.422. The molecule has 0 saturated heterocycles. The molecule has 0 bridgehead atoms. The van der Waals surface area contributed by atoms with Crippen LogP contribution >= 0.6 is 0 Å². The normalized spacial score (nSPS) is 10.4. The maximum atomic E-state index is 8.74. The number of hydrogen-bond acceptors (Lipinski definition) is 2. The number of fused-ring (bicyclic) bond motifs is 3. The van der Waals surface area contributed by atoms with Crippen LogP contribution in [0.4, 0.5) is 0 Å². The Hall–Kier alpha value is -2.78. The minimum absolute atomic E-state index is 0.422. The third-order valence-corrected chi connectivity index (χ3v) is 3.29. The summed E-state index contributed by atoms with van der Waals surface area (Å²) in [6.45, 7) is 0. The second-order valence-corrected chi connectivity index (χ2v) is 4.55. The summed E-state index contributed by atoms with van der Waals surface area (Å²) in [7, 11) is 0. The lowest BCUT2D eigenvalue weighted by Crippen LogP contribution is -1.80. The molecule has 2 aromatic carbocycles. The van der Waals surface area contributed by atoms with Crippen molar-refractivity contribution in [2.24, 2.45) is 0 Å². The summed E-state index contributed by atoms with van der Waals surface area (Å²) in [5.41, 5.74) is 4.10. The van der Waals surface area contributed by atoms with E-state index in [0.29, 0.717) is 12.8 Å². The van der Waals surface area contributed by atoms with Gasteiger partial charge in [-0.3, -0.25) is 0 Å². The van der Waals surface area contributed by atoms with Crippen LogP contribution < -0.4 is 0 Å². The van der Waals surface area contributed by atoms with Gasteiger partial charge in [-0.25, -0.2) is 0 Å². The Morgan fingerprint density at radius 3 is 1.68 bits per heavy atom. The van der Waals surface area contributed by atoms with Crippen LogP contribution in [0, 0.1) is 22.7 Å². The summed E-state index contributed by atoms with van der Waals surface area (Å²) < 4.78 is 0. The van der Waals surface area contributed by atoms with Gasteiger partial charge in [-0.2, -0.15) is 10.5 Å². The minimum Gasteiger partial charge on any atom is -0.354 e. The average Bonchev–Trinajstić information content (AvgIpc) is 2.76. The van der Waals surface area contributed by atoms with E-state index in [1.807, 2.05) is 36.4 Å². The molecule has 1 N–H and O–H groups in total. The SMILES string of the molecule is N#CCc1ccc2c(c1)[nH]c1cc(CC#N)ccc12. The van der Waals surface area contributed by atoms with Crippen molar-refractivity contribution in [1.29, 1.82) is 10.5 Å². The second kappa shape index (κ2) is 4.48. The number of aromatic nitrogens is 1. The van der Waals surface area contributed by atoms with Crippen molar-refractivity contribution < 1.29 is 0 Å². The number of hydrogen-bond donors (Lipinski definition) is 1. The zero-order valence-electron chi connectivity index (χ0n) is 10.3. The molecule has 3 nitrogen and oxygen atoms in total. The van der Waals surface area contributed by atoms with Crippen LogP contribution in [0.15, 0.2) is 36.4 Å². The van der Waals surface area contributed by atoms with Gasteiger partial charge in [0.2, 0.25) is 0 Å². The molecule has 1 heterocycles. The topological polar surface area (TPSA) is 63.4 Å². The van der Waals surface area contributed by atoms with Crippen molar-refractivity contribution in [3.8, 4) is 12.1 Å². The highest BCUT2D eigenvalue weighted by Crippen LogP contribution is 2.27. The molecule has 19 heavy (non-hydrogen) atoms. The highest BCUT2D eigenvalue weighted by molar-refractivity contribution is 6.07. The fourth-order valence-electron chi connectivity index (χ4n) is 2.41. The van der Waals surface area contributed by atoms with E-state index in [1.54, 1.807) is 0 Å². The molecular weight excluding hydrogens is 234 g/mol. The molecule has 0 spiro atoms. The number of nitriles is 2. The van der Waals surface area contributed by atoms with Gasteiger partial charge in [0, 0.05) is 21.8 Å². The van der Waals surface area contributed by atoms with Crippen molar-refractivity contribution >= 4 is 21.8 Å². The smallest absolute Gasteiger partial charge is 0.0669 e. The fraction of sp³-hybridized carbons (Fsp3) is 0.125. The summed E-state index contributed by atoms with van der Waals surface area (Å²) in [4.78, 5) is 3.36. The predicted molar refractivity (Wildman–Crippen MR) is 74.4 cm³/mol. The van der Waals surface area contributed by atoms with E-state index in [4.69, 9.17) is 10.5 Å². The summed E-state index contributed by atoms with van der Waals surface area (Å²) in [6.07, 6.45) is 0.843. The van der Waals surface area contributed by atoms with Crippen molar-refractivity contribution in [3.05, 3.63) is 47.5 Å². The number of aromatic amines is 1. The van der Waals surface area contributed by atoms with Crippen molar-refractivity contribution in [2.45, 2.75) is 12.8 Å². The Morgan fingerprint density at radius 2 is 1.26 bits per heavy atom. The van der Waals surface area contributed by atoms with Crippen LogP contribution in [0.2, 0.25) is 0 Å². The predicted octanol–water partition coefficient (Wildman–Crippen LogP) is 3.45. The molecule has 0 fully saturated rings. The lowest BCUT2D eigenvalue weighted by Gasteiger charge is -1.96. The lowest BCUT2D eigenvalue weighted by molar-refractivity contribution is 1.27. The molecule has 0 radical (unpaired) electrons. The average molecular weight is 245 g/mol. The van der Waals surface area contributed by atoms with E-state index in [2.05, 4.69) is 17.1 Å². The Bertz CT molecular complexity index is 774. The molecule has 0 aliphatic carbocycles.